The molecule has 0 saturated heterocycles. The number of hydrogen-bond acceptors (Lipinski definition) is 4. The van der Waals surface area contributed by atoms with E-state index in [-0.39, 0.29) is 11.1 Å². The predicted octanol–water partition coefficient (Wildman–Crippen LogP) is 1.51. The zero-order valence-electron chi connectivity index (χ0n) is 8.32. The van der Waals surface area contributed by atoms with Crippen LogP contribution in [0.2, 0.25) is 0 Å². The lowest BCUT2D eigenvalue weighted by Crippen LogP contribution is -2.02. The third-order valence-corrected chi connectivity index (χ3v) is 2.11. The lowest BCUT2D eigenvalue weighted by atomic mass is 10.00. The van der Waals surface area contributed by atoms with Gasteiger partial charge in [0.15, 0.2) is 6.29 Å². The summed E-state index contributed by atoms with van der Waals surface area (Å²) in [5.41, 5.74) is 1.29. The quantitative estimate of drug-likeness (QED) is 0.595. The van der Waals surface area contributed by atoms with Crippen molar-refractivity contribution in [2.24, 2.45) is 0 Å². The minimum absolute atomic E-state index is 0.0764. The standard InChI is InChI=1S/C11H10N2O2/c1-3-4-8-7(2)13-11(15)9(5-12)10(8)6-14/h3,6H,1,4H2,2H3,(H,13,15). The second-order valence-electron chi connectivity index (χ2n) is 3.01. The van der Waals surface area contributed by atoms with Gasteiger partial charge in [0, 0.05) is 11.3 Å². The van der Waals surface area contributed by atoms with Gasteiger partial charge in [-0.05, 0) is 18.9 Å². The molecule has 15 heavy (non-hydrogen) atoms. The van der Waals surface area contributed by atoms with E-state index in [1.165, 1.54) is 0 Å². The van der Waals surface area contributed by atoms with Crippen LogP contribution in [-0.4, -0.2) is 16.4 Å². The van der Waals surface area contributed by atoms with Gasteiger partial charge in [-0.1, -0.05) is 6.08 Å². The zero-order chi connectivity index (χ0) is 11.4. The van der Waals surface area contributed by atoms with E-state index in [9.17, 15) is 9.90 Å². The van der Waals surface area contributed by atoms with Gasteiger partial charge in [0.05, 0.1) is 0 Å². The molecule has 0 amide bonds. The SMILES string of the molecule is C=CCc1c(C)nc(O)c(C#N)c1C=O. The van der Waals surface area contributed by atoms with E-state index in [1.54, 1.807) is 19.1 Å². The molecule has 1 aromatic heterocycles. The van der Waals surface area contributed by atoms with Gasteiger partial charge in [0.2, 0.25) is 5.88 Å². The van der Waals surface area contributed by atoms with Crippen molar-refractivity contribution in [3.8, 4) is 11.9 Å². The van der Waals surface area contributed by atoms with E-state index in [0.717, 1.165) is 0 Å². The van der Waals surface area contributed by atoms with Crippen LogP contribution in [0.3, 0.4) is 0 Å². The largest absolute Gasteiger partial charge is 0.492 e. The maximum atomic E-state index is 10.9. The number of rotatable bonds is 3. The van der Waals surface area contributed by atoms with Gasteiger partial charge < -0.3 is 5.11 Å². The van der Waals surface area contributed by atoms with Crippen LogP contribution in [0.15, 0.2) is 12.7 Å². The number of aryl methyl sites for hydroxylation is 1. The first kappa shape index (κ1) is 10.9. The van der Waals surface area contributed by atoms with Crippen LogP contribution < -0.4 is 0 Å². The highest BCUT2D eigenvalue weighted by atomic mass is 16.3. The molecule has 0 unspecified atom stereocenters. The van der Waals surface area contributed by atoms with Gasteiger partial charge >= 0.3 is 0 Å². The molecule has 0 aromatic carbocycles. The molecule has 0 aliphatic rings. The average Bonchev–Trinajstić information content (AvgIpc) is 2.21. The molecular weight excluding hydrogens is 192 g/mol. The molecule has 0 radical (unpaired) electrons. The van der Waals surface area contributed by atoms with Crippen molar-refractivity contribution < 1.29 is 9.90 Å². The van der Waals surface area contributed by atoms with E-state index >= 15 is 0 Å². The first-order valence-electron chi connectivity index (χ1n) is 4.34. The topological polar surface area (TPSA) is 74.0 Å². The number of aromatic hydroxyl groups is 1. The number of pyridine rings is 1. The monoisotopic (exact) mass is 202 g/mol. The Morgan fingerprint density at radius 1 is 1.67 bits per heavy atom. The van der Waals surface area contributed by atoms with Crippen molar-refractivity contribution in [1.29, 1.82) is 5.26 Å². The number of aldehydes is 1. The van der Waals surface area contributed by atoms with Crippen molar-refractivity contribution in [3.05, 3.63) is 35.0 Å². The van der Waals surface area contributed by atoms with Crippen molar-refractivity contribution in [2.75, 3.05) is 0 Å². The maximum Gasteiger partial charge on any atom is 0.230 e. The third-order valence-electron chi connectivity index (χ3n) is 2.11. The van der Waals surface area contributed by atoms with Gasteiger partial charge in [-0.3, -0.25) is 4.79 Å². The molecule has 0 aliphatic heterocycles. The molecule has 1 rings (SSSR count). The highest BCUT2D eigenvalue weighted by Gasteiger charge is 2.15. The van der Waals surface area contributed by atoms with Crippen LogP contribution in [0, 0.1) is 18.3 Å². The molecule has 1 aromatic rings. The van der Waals surface area contributed by atoms with Gasteiger partial charge in [-0.2, -0.15) is 5.26 Å². The number of carbonyl (C=O) groups is 1. The molecule has 76 valence electrons. The first-order valence-corrected chi connectivity index (χ1v) is 4.34. The van der Waals surface area contributed by atoms with Crippen molar-refractivity contribution in [3.63, 3.8) is 0 Å². The highest BCUT2D eigenvalue weighted by molar-refractivity contribution is 5.83. The van der Waals surface area contributed by atoms with Crippen LogP contribution in [0.5, 0.6) is 5.88 Å². The van der Waals surface area contributed by atoms with Gasteiger partial charge in [-0.15, -0.1) is 6.58 Å². The summed E-state index contributed by atoms with van der Waals surface area (Å²) in [5.74, 6) is -0.398. The summed E-state index contributed by atoms with van der Waals surface area (Å²) >= 11 is 0. The van der Waals surface area contributed by atoms with E-state index in [4.69, 9.17) is 5.26 Å². The Morgan fingerprint density at radius 2 is 2.33 bits per heavy atom. The van der Waals surface area contributed by atoms with Gasteiger partial charge in [-0.25, -0.2) is 4.98 Å². The number of carbonyl (C=O) groups excluding carboxylic acids is 1. The van der Waals surface area contributed by atoms with Gasteiger partial charge in [0.25, 0.3) is 0 Å². The number of aromatic nitrogens is 1. The van der Waals surface area contributed by atoms with Crippen LogP contribution in [0.25, 0.3) is 0 Å². The summed E-state index contributed by atoms with van der Waals surface area (Å²) in [6.45, 7) is 5.23. The van der Waals surface area contributed by atoms with E-state index in [1.807, 2.05) is 0 Å². The first-order chi connectivity index (χ1) is 7.15. The fourth-order valence-corrected chi connectivity index (χ4v) is 1.39. The highest BCUT2D eigenvalue weighted by Crippen LogP contribution is 2.23. The third kappa shape index (κ3) is 1.86. The zero-order valence-corrected chi connectivity index (χ0v) is 8.32. The molecule has 1 N–H and O–H groups in total. The van der Waals surface area contributed by atoms with Crippen LogP contribution in [-0.2, 0) is 6.42 Å². The lowest BCUT2D eigenvalue weighted by Gasteiger charge is -2.08. The van der Waals surface area contributed by atoms with Crippen molar-refractivity contribution >= 4 is 6.29 Å². The molecule has 1 heterocycles. The molecular formula is C11H10N2O2. The molecule has 0 atom stereocenters. The minimum atomic E-state index is -0.398. The maximum absolute atomic E-state index is 10.9. The summed E-state index contributed by atoms with van der Waals surface area (Å²) in [6, 6.07) is 1.76. The van der Waals surface area contributed by atoms with Crippen LogP contribution >= 0.6 is 0 Å². The summed E-state index contributed by atoms with van der Waals surface area (Å²) in [6.07, 6.45) is 2.63. The Labute approximate surface area is 87.5 Å². The Hall–Kier alpha value is -2.15. The van der Waals surface area contributed by atoms with Gasteiger partial charge in [0.1, 0.15) is 11.6 Å². The van der Waals surface area contributed by atoms with E-state index in [0.29, 0.717) is 24.0 Å². The fourth-order valence-electron chi connectivity index (χ4n) is 1.39. The minimum Gasteiger partial charge on any atom is -0.492 e. The molecule has 0 spiro atoms. The fraction of sp³-hybridized carbons (Fsp3) is 0.182. The summed E-state index contributed by atoms with van der Waals surface area (Å²) < 4.78 is 0. The van der Waals surface area contributed by atoms with E-state index in [2.05, 4.69) is 11.6 Å². The molecule has 4 heteroatoms. The predicted molar refractivity (Wildman–Crippen MR) is 54.6 cm³/mol. The smallest absolute Gasteiger partial charge is 0.230 e. The summed E-state index contributed by atoms with van der Waals surface area (Å²) in [7, 11) is 0. The number of hydrogen-bond donors (Lipinski definition) is 1. The Balaban J connectivity index is 3.57. The normalized spacial score (nSPS) is 9.33. The number of nitriles is 1. The molecule has 0 fully saturated rings. The molecule has 0 saturated carbocycles. The Morgan fingerprint density at radius 3 is 2.80 bits per heavy atom. The van der Waals surface area contributed by atoms with E-state index < -0.39 is 5.88 Å². The molecule has 0 aliphatic carbocycles. The Kier molecular flexibility index (Phi) is 3.19. The van der Waals surface area contributed by atoms with Crippen LogP contribution in [0.4, 0.5) is 0 Å². The molecule has 0 bridgehead atoms. The Bertz CT molecular complexity index is 459. The summed E-state index contributed by atoms with van der Waals surface area (Å²) in [4.78, 5) is 14.7. The average molecular weight is 202 g/mol. The summed E-state index contributed by atoms with van der Waals surface area (Å²) in [5, 5.41) is 18.2. The number of nitrogens with zero attached hydrogens (tertiary/aromatic N) is 2. The number of allylic oxidation sites excluding steroid dienone is 1. The van der Waals surface area contributed by atoms with Crippen molar-refractivity contribution in [1.82, 2.24) is 4.98 Å². The van der Waals surface area contributed by atoms with Crippen molar-refractivity contribution in [2.45, 2.75) is 13.3 Å². The lowest BCUT2D eigenvalue weighted by molar-refractivity contribution is 0.112. The second kappa shape index (κ2) is 4.38. The second-order valence-corrected chi connectivity index (χ2v) is 3.01. The molecule has 4 nitrogen and oxygen atoms in total. The van der Waals surface area contributed by atoms with Crippen LogP contribution in [0.1, 0.15) is 27.2 Å².